The Morgan fingerprint density at radius 2 is 1.58 bits per heavy atom. The van der Waals surface area contributed by atoms with Crippen molar-refractivity contribution in [1.29, 1.82) is 0 Å². The molecule has 0 atom stereocenters. The fourth-order valence-corrected chi connectivity index (χ4v) is 3.26. The first-order valence-electron chi connectivity index (χ1n) is 8.96. The van der Waals surface area contributed by atoms with Crippen molar-refractivity contribution >= 4 is 11.6 Å². The fourth-order valence-electron chi connectivity index (χ4n) is 3.26. The molecule has 1 N–H and O–H groups in total. The summed E-state index contributed by atoms with van der Waals surface area (Å²) in [6, 6.07) is 10.9. The molecule has 1 heterocycles. The van der Waals surface area contributed by atoms with Gasteiger partial charge in [-0.3, -0.25) is 4.79 Å². The highest BCUT2D eigenvalue weighted by atomic mass is 16.5. The number of anilines is 1. The summed E-state index contributed by atoms with van der Waals surface area (Å²) in [6.45, 7) is 9.49. The summed E-state index contributed by atoms with van der Waals surface area (Å²) in [5, 5.41) is 9.27. The number of nitrogens with zero attached hydrogens (tertiary/aromatic N) is 2. The number of benzene rings is 2. The van der Waals surface area contributed by atoms with Crippen molar-refractivity contribution in [3.05, 3.63) is 53.1 Å². The third-order valence-corrected chi connectivity index (χ3v) is 4.98. The summed E-state index contributed by atoms with van der Waals surface area (Å²) in [4.78, 5) is 16.6. The van der Waals surface area contributed by atoms with Crippen molar-refractivity contribution in [2.75, 3.05) is 37.7 Å². The maximum Gasteiger partial charge on any atom is 0.260 e. The van der Waals surface area contributed by atoms with E-state index in [1.807, 2.05) is 4.90 Å². The molecule has 26 heavy (non-hydrogen) atoms. The molecule has 0 aliphatic carbocycles. The quantitative estimate of drug-likeness (QED) is 0.917. The van der Waals surface area contributed by atoms with Gasteiger partial charge in [0.05, 0.1) is 0 Å². The van der Waals surface area contributed by atoms with E-state index in [0.29, 0.717) is 18.8 Å². The second kappa shape index (κ2) is 7.68. The van der Waals surface area contributed by atoms with Gasteiger partial charge in [0.1, 0.15) is 11.5 Å². The number of aromatic hydroxyl groups is 1. The molecule has 1 fully saturated rings. The summed E-state index contributed by atoms with van der Waals surface area (Å²) < 4.78 is 5.52. The van der Waals surface area contributed by atoms with Crippen LogP contribution in [0.1, 0.15) is 16.7 Å². The number of hydrogen-bond acceptors (Lipinski definition) is 4. The van der Waals surface area contributed by atoms with Crippen LogP contribution in [0.4, 0.5) is 5.69 Å². The zero-order valence-corrected chi connectivity index (χ0v) is 15.7. The van der Waals surface area contributed by atoms with Gasteiger partial charge < -0.3 is 19.6 Å². The molecule has 0 saturated carbocycles. The van der Waals surface area contributed by atoms with Gasteiger partial charge in [-0.1, -0.05) is 6.07 Å². The van der Waals surface area contributed by atoms with Crippen molar-refractivity contribution in [1.82, 2.24) is 4.90 Å². The van der Waals surface area contributed by atoms with E-state index in [0.717, 1.165) is 13.1 Å². The van der Waals surface area contributed by atoms with Crippen molar-refractivity contribution in [3.8, 4) is 11.5 Å². The molecule has 1 aliphatic heterocycles. The second-order valence-electron chi connectivity index (χ2n) is 6.87. The maximum absolute atomic E-state index is 12.4. The topological polar surface area (TPSA) is 53.0 Å². The van der Waals surface area contributed by atoms with Gasteiger partial charge in [0.15, 0.2) is 6.61 Å². The van der Waals surface area contributed by atoms with Gasteiger partial charge in [0.2, 0.25) is 0 Å². The minimum atomic E-state index is -0.00506. The lowest BCUT2D eigenvalue weighted by Gasteiger charge is -2.37. The summed E-state index contributed by atoms with van der Waals surface area (Å²) in [6.07, 6.45) is 0. The molecule has 0 radical (unpaired) electrons. The third-order valence-electron chi connectivity index (χ3n) is 4.98. The number of hydrogen-bond donors (Lipinski definition) is 1. The van der Waals surface area contributed by atoms with Crippen LogP contribution >= 0.6 is 0 Å². The molecule has 1 aliphatic rings. The van der Waals surface area contributed by atoms with Gasteiger partial charge in [-0.15, -0.1) is 0 Å². The first-order chi connectivity index (χ1) is 12.4. The lowest BCUT2D eigenvalue weighted by atomic mass is 10.0. The Hall–Kier alpha value is -2.69. The number of carbonyl (C=O) groups excluding carboxylic acids is 1. The minimum Gasteiger partial charge on any atom is -0.508 e. The monoisotopic (exact) mass is 354 g/mol. The molecule has 0 aromatic heterocycles. The molecule has 0 bridgehead atoms. The summed E-state index contributed by atoms with van der Waals surface area (Å²) in [5.41, 5.74) is 5.15. The van der Waals surface area contributed by atoms with Crippen LogP contribution in [0.5, 0.6) is 11.5 Å². The second-order valence-corrected chi connectivity index (χ2v) is 6.87. The molecule has 1 amide bonds. The average Bonchev–Trinajstić information content (AvgIpc) is 2.64. The van der Waals surface area contributed by atoms with Gasteiger partial charge >= 0.3 is 0 Å². The Balaban J connectivity index is 1.54. The average molecular weight is 354 g/mol. The Morgan fingerprint density at radius 3 is 2.23 bits per heavy atom. The largest absolute Gasteiger partial charge is 0.508 e. The number of amides is 1. The highest BCUT2D eigenvalue weighted by molar-refractivity contribution is 5.78. The van der Waals surface area contributed by atoms with Gasteiger partial charge in [-0.05, 0) is 67.8 Å². The summed E-state index contributed by atoms with van der Waals surface area (Å²) in [7, 11) is 0. The molecular formula is C21H26N2O3. The predicted molar refractivity (Wildman–Crippen MR) is 103 cm³/mol. The lowest BCUT2D eigenvalue weighted by molar-refractivity contribution is -0.133. The SMILES string of the molecule is Cc1cc(C)c(N2CCN(C(=O)COc3ccc(O)cc3)CC2)cc1C. The number of piperazine rings is 1. The highest BCUT2D eigenvalue weighted by Crippen LogP contribution is 2.25. The van der Waals surface area contributed by atoms with Crippen LogP contribution in [0.3, 0.4) is 0 Å². The van der Waals surface area contributed by atoms with Gasteiger partial charge in [-0.25, -0.2) is 0 Å². The van der Waals surface area contributed by atoms with E-state index in [1.54, 1.807) is 24.3 Å². The molecule has 0 unspecified atom stereocenters. The van der Waals surface area contributed by atoms with E-state index in [2.05, 4.69) is 37.8 Å². The standard InChI is InChI=1S/C21H26N2O3/c1-15-12-17(3)20(13-16(15)2)22-8-10-23(11-9-22)21(25)14-26-19-6-4-18(24)5-7-19/h4-7,12-13,24H,8-11,14H2,1-3H3. The molecule has 2 aromatic rings. The molecule has 5 nitrogen and oxygen atoms in total. The van der Waals surface area contributed by atoms with E-state index >= 15 is 0 Å². The molecule has 138 valence electrons. The van der Waals surface area contributed by atoms with Crippen LogP contribution in [0.15, 0.2) is 36.4 Å². The minimum absolute atomic E-state index is 0.00506. The molecule has 5 heteroatoms. The van der Waals surface area contributed by atoms with E-state index in [4.69, 9.17) is 4.74 Å². The van der Waals surface area contributed by atoms with E-state index in [1.165, 1.54) is 22.4 Å². The van der Waals surface area contributed by atoms with Gasteiger partial charge in [0, 0.05) is 31.9 Å². The zero-order valence-electron chi connectivity index (χ0n) is 15.7. The number of phenols is 1. The van der Waals surface area contributed by atoms with Crippen molar-refractivity contribution in [2.24, 2.45) is 0 Å². The number of aryl methyl sites for hydroxylation is 3. The Labute approximate surface area is 154 Å². The number of phenolic OH excluding ortho intramolecular Hbond substituents is 1. The summed E-state index contributed by atoms with van der Waals surface area (Å²) >= 11 is 0. The van der Waals surface area contributed by atoms with Crippen molar-refractivity contribution < 1.29 is 14.6 Å². The smallest absolute Gasteiger partial charge is 0.260 e. The van der Waals surface area contributed by atoms with E-state index < -0.39 is 0 Å². The number of carbonyl (C=O) groups is 1. The number of rotatable bonds is 4. The molecule has 1 saturated heterocycles. The van der Waals surface area contributed by atoms with Crippen LogP contribution < -0.4 is 9.64 Å². The van der Waals surface area contributed by atoms with E-state index in [9.17, 15) is 9.90 Å². The van der Waals surface area contributed by atoms with Gasteiger partial charge in [0.25, 0.3) is 5.91 Å². The van der Waals surface area contributed by atoms with Crippen LogP contribution in [0.25, 0.3) is 0 Å². The normalized spacial score (nSPS) is 14.4. The van der Waals surface area contributed by atoms with Crippen LogP contribution in [0.2, 0.25) is 0 Å². The molecular weight excluding hydrogens is 328 g/mol. The Morgan fingerprint density at radius 1 is 0.962 bits per heavy atom. The first-order valence-corrected chi connectivity index (χ1v) is 8.96. The molecule has 0 spiro atoms. The third kappa shape index (κ3) is 4.10. The number of ether oxygens (including phenoxy) is 1. The first kappa shape index (κ1) is 18.1. The predicted octanol–water partition coefficient (Wildman–Crippen LogP) is 3.05. The maximum atomic E-state index is 12.4. The Bertz CT molecular complexity index is 779. The molecule has 3 rings (SSSR count). The van der Waals surface area contributed by atoms with Crippen LogP contribution in [0, 0.1) is 20.8 Å². The lowest BCUT2D eigenvalue weighted by Crippen LogP contribution is -2.50. The summed E-state index contributed by atoms with van der Waals surface area (Å²) in [5.74, 6) is 0.761. The van der Waals surface area contributed by atoms with Crippen LogP contribution in [-0.4, -0.2) is 48.7 Å². The fraction of sp³-hybridized carbons (Fsp3) is 0.381. The van der Waals surface area contributed by atoms with Crippen molar-refractivity contribution in [2.45, 2.75) is 20.8 Å². The van der Waals surface area contributed by atoms with Crippen LogP contribution in [-0.2, 0) is 4.79 Å². The Kier molecular flexibility index (Phi) is 5.35. The van der Waals surface area contributed by atoms with E-state index in [-0.39, 0.29) is 18.3 Å². The molecule has 2 aromatic carbocycles. The zero-order chi connectivity index (χ0) is 18.7. The van der Waals surface area contributed by atoms with Crippen molar-refractivity contribution in [3.63, 3.8) is 0 Å². The van der Waals surface area contributed by atoms with Gasteiger partial charge in [-0.2, -0.15) is 0 Å². The highest BCUT2D eigenvalue weighted by Gasteiger charge is 2.22.